The zero-order chi connectivity index (χ0) is 15.4. The Morgan fingerprint density at radius 2 is 2.05 bits per heavy atom. The number of morpholine rings is 1. The van der Waals surface area contributed by atoms with Gasteiger partial charge in [0.1, 0.15) is 0 Å². The van der Waals surface area contributed by atoms with Crippen LogP contribution in [0.4, 0.5) is 10.2 Å². The number of nitrogens with one attached hydrogen (secondary N) is 1. The molecular formula is C16H26FN3O. The maximum absolute atomic E-state index is 14.7. The van der Waals surface area contributed by atoms with Gasteiger partial charge in [0.25, 0.3) is 0 Å². The summed E-state index contributed by atoms with van der Waals surface area (Å²) in [5.74, 6) is 0.784. The molecule has 0 aromatic carbocycles. The fraction of sp³-hybridized carbons (Fsp3) is 0.688. The van der Waals surface area contributed by atoms with E-state index >= 15 is 0 Å². The fourth-order valence-electron chi connectivity index (χ4n) is 2.67. The number of rotatable bonds is 5. The number of hydrogen-bond acceptors (Lipinski definition) is 4. The van der Waals surface area contributed by atoms with Crippen LogP contribution in [0.5, 0.6) is 0 Å². The van der Waals surface area contributed by atoms with Crippen LogP contribution in [-0.2, 0) is 11.3 Å². The van der Waals surface area contributed by atoms with Crippen molar-refractivity contribution in [3.63, 3.8) is 0 Å². The molecule has 0 unspecified atom stereocenters. The van der Waals surface area contributed by atoms with Crippen molar-refractivity contribution in [2.24, 2.45) is 5.92 Å². The first-order valence-corrected chi connectivity index (χ1v) is 7.72. The average Bonchev–Trinajstić information content (AvgIpc) is 2.39. The maximum atomic E-state index is 14.7. The summed E-state index contributed by atoms with van der Waals surface area (Å²) < 4.78 is 20.3. The highest BCUT2D eigenvalue weighted by molar-refractivity contribution is 5.43. The van der Waals surface area contributed by atoms with Crippen molar-refractivity contribution >= 4 is 5.82 Å². The molecule has 1 fully saturated rings. The molecule has 0 saturated carbocycles. The van der Waals surface area contributed by atoms with Gasteiger partial charge in [0.2, 0.25) is 0 Å². The van der Waals surface area contributed by atoms with E-state index in [1.165, 1.54) is 0 Å². The van der Waals surface area contributed by atoms with Gasteiger partial charge in [0.15, 0.2) is 11.6 Å². The van der Waals surface area contributed by atoms with Gasteiger partial charge in [0, 0.05) is 31.4 Å². The second-order valence-corrected chi connectivity index (χ2v) is 6.29. The monoisotopic (exact) mass is 295 g/mol. The number of hydrogen-bond donors (Lipinski definition) is 1. The molecule has 2 atom stereocenters. The molecule has 4 nitrogen and oxygen atoms in total. The van der Waals surface area contributed by atoms with Crippen LogP contribution >= 0.6 is 0 Å². The molecule has 1 aliphatic rings. The minimum atomic E-state index is -0.213. The quantitative estimate of drug-likeness (QED) is 0.906. The van der Waals surface area contributed by atoms with Gasteiger partial charge in [-0.05, 0) is 32.4 Å². The molecule has 1 saturated heterocycles. The highest BCUT2D eigenvalue weighted by Gasteiger charge is 2.25. The van der Waals surface area contributed by atoms with Gasteiger partial charge in [-0.2, -0.15) is 0 Å². The lowest BCUT2D eigenvalue weighted by Crippen LogP contribution is -2.46. The molecule has 118 valence electrons. The van der Waals surface area contributed by atoms with Crippen molar-refractivity contribution in [1.29, 1.82) is 0 Å². The number of aromatic nitrogens is 1. The molecule has 5 heteroatoms. The maximum Gasteiger partial charge on any atom is 0.170 e. The lowest BCUT2D eigenvalue weighted by Gasteiger charge is -2.36. The molecule has 0 amide bonds. The van der Waals surface area contributed by atoms with E-state index < -0.39 is 0 Å². The van der Waals surface area contributed by atoms with Gasteiger partial charge in [-0.1, -0.05) is 13.8 Å². The van der Waals surface area contributed by atoms with E-state index in [-0.39, 0.29) is 18.0 Å². The Morgan fingerprint density at radius 3 is 2.67 bits per heavy atom. The van der Waals surface area contributed by atoms with Crippen LogP contribution in [0, 0.1) is 11.7 Å². The Labute approximate surface area is 126 Å². The van der Waals surface area contributed by atoms with Crippen LogP contribution in [0.15, 0.2) is 12.3 Å². The number of pyridine rings is 1. The van der Waals surface area contributed by atoms with Crippen LogP contribution in [0.2, 0.25) is 0 Å². The highest BCUT2D eigenvalue weighted by Crippen LogP contribution is 2.23. The summed E-state index contributed by atoms with van der Waals surface area (Å²) in [6, 6.07) is 1.75. The van der Waals surface area contributed by atoms with Gasteiger partial charge in [0.05, 0.1) is 12.2 Å². The summed E-state index contributed by atoms with van der Waals surface area (Å²) >= 11 is 0. The standard InChI is InChI=1S/C16H26FN3O/c1-11(2)7-18-8-14-5-6-19-16(15(14)17)20-9-12(3)21-13(4)10-20/h5-6,11-13,18H,7-10H2,1-4H3/t12-,13+. The van der Waals surface area contributed by atoms with E-state index in [4.69, 9.17) is 4.74 Å². The number of halogens is 1. The van der Waals surface area contributed by atoms with Crippen molar-refractivity contribution in [1.82, 2.24) is 10.3 Å². The van der Waals surface area contributed by atoms with Crippen molar-refractivity contribution in [2.75, 3.05) is 24.5 Å². The SMILES string of the molecule is CC(C)CNCc1ccnc(N2C[C@@H](C)O[C@@H](C)C2)c1F. The molecule has 2 heterocycles. The molecule has 0 spiro atoms. The second-order valence-electron chi connectivity index (χ2n) is 6.29. The molecule has 1 N–H and O–H groups in total. The minimum absolute atomic E-state index is 0.0951. The van der Waals surface area contributed by atoms with Crippen LogP contribution in [-0.4, -0.2) is 36.8 Å². The first-order chi connectivity index (χ1) is 9.97. The van der Waals surface area contributed by atoms with Gasteiger partial charge in [-0.15, -0.1) is 0 Å². The van der Waals surface area contributed by atoms with Gasteiger partial charge in [-0.3, -0.25) is 0 Å². The van der Waals surface area contributed by atoms with Crippen molar-refractivity contribution in [2.45, 2.75) is 46.4 Å². The molecule has 0 aliphatic carbocycles. The van der Waals surface area contributed by atoms with E-state index in [0.717, 1.165) is 6.54 Å². The van der Waals surface area contributed by atoms with Gasteiger partial charge in [-0.25, -0.2) is 9.37 Å². The Balaban J connectivity index is 2.09. The number of ether oxygens (including phenoxy) is 1. The third-order valence-electron chi connectivity index (χ3n) is 3.54. The summed E-state index contributed by atoms with van der Waals surface area (Å²) in [4.78, 5) is 6.23. The van der Waals surface area contributed by atoms with Crippen molar-refractivity contribution < 1.29 is 9.13 Å². The van der Waals surface area contributed by atoms with Gasteiger partial charge < -0.3 is 15.0 Å². The lowest BCUT2D eigenvalue weighted by molar-refractivity contribution is -0.00566. The van der Waals surface area contributed by atoms with Crippen LogP contribution in [0.1, 0.15) is 33.3 Å². The molecule has 2 rings (SSSR count). The average molecular weight is 295 g/mol. The number of nitrogens with zero attached hydrogens (tertiary/aromatic N) is 2. The molecule has 1 aromatic heterocycles. The van der Waals surface area contributed by atoms with Crippen molar-refractivity contribution in [3.8, 4) is 0 Å². The Morgan fingerprint density at radius 1 is 1.38 bits per heavy atom. The van der Waals surface area contributed by atoms with E-state index in [1.54, 1.807) is 12.3 Å². The smallest absolute Gasteiger partial charge is 0.170 e. The van der Waals surface area contributed by atoms with E-state index in [9.17, 15) is 4.39 Å². The Hall–Kier alpha value is -1.20. The third kappa shape index (κ3) is 4.38. The number of anilines is 1. The molecule has 0 bridgehead atoms. The Kier molecular flexibility index (Phi) is 5.53. The van der Waals surface area contributed by atoms with E-state index in [1.807, 2.05) is 18.7 Å². The zero-order valence-corrected chi connectivity index (χ0v) is 13.4. The van der Waals surface area contributed by atoms with E-state index in [0.29, 0.717) is 36.9 Å². The summed E-state index contributed by atoms with van der Waals surface area (Å²) in [6.07, 6.45) is 1.88. The first-order valence-electron chi connectivity index (χ1n) is 7.72. The topological polar surface area (TPSA) is 37.4 Å². The highest BCUT2D eigenvalue weighted by atomic mass is 19.1. The first kappa shape index (κ1) is 16.2. The molecule has 21 heavy (non-hydrogen) atoms. The summed E-state index contributed by atoms with van der Waals surface area (Å²) in [7, 11) is 0. The Bertz CT molecular complexity index is 457. The minimum Gasteiger partial charge on any atom is -0.372 e. The van der Waals surface area contributed by atoms with Crippen LogP contribution < -0.4 is 10.2 Å². The normalized spacial score (nSPS) is 22.9. The second kappa shape index (κ2) is 7.18. The largest absolute Gasteiger partial charge is 0.372 e. The third-order valence-corrected chi connectivity index (χ3v) is 3.54. The summed E-state index contributed by atoms with van der Waals surface area (Å²) in [5, 5.41) is 3.28. The zero-order valence-electron chi connectivity index (χ0n) is 13.4. The van der Waals surface area contributed by atoms with Gasteiger partial charge >= 0.3 is 0 Å². The summed E-state index contributed by atoms with van der Waals surface area (Å²) in [6.45, 7) is 11.1. The van der Waals surface area contributed by atoms with Crippen LogP contribution in [0.25, 0.3) is 0 Å². The molecule has 0 radical (unpaired) electrons. The molecule has 1 aliphatic heterocycles. The summed E-state index contributed by atoms with van der Waals surface area (Å²) in [5.41, 5.74) is 0.674. The van der Waals surface area contributed by atoms with Crippen molar-refractivity contribution in [3.05, 3.63) is 23.6 Å². The molecular weight excluding hydrogens is 269 g/mol. The van der Waals surface area contributed by atoms with Crippen LogP contribution in [0.3, 0.4) is 0 Å². The lowest BCUT2D eigenvalue weighted by atomic mass is 10.2. The predicted molar refractivity (Wildman–Crippen MR) is 83.0 cm³/mol. The predicted octanol–water partition coefficient (Wildman–Crippen LogP) is 2.58. The van der Waals surface area contributed by atoms with E-state index in [2.05, 4.69) is 24.1 Å². The molecule has 1 aromatic rings. The fourth-order valence-corrected chi connectivity index (χ4v) is 2.67.